The molecule has 43 heavy (non-hydrogen) atoms. The van der Waals surface area contributed by atoms with E-state index in [0.29, 0.717) is 18.2 Å². The van der Waals surface area contributed by atoms with Crippen LogP contribution in [-0.2, 0) is 6.54 Å². The molecule has 0 bridgehead atoms. The maximum absolute atomic E-state index is 13.8. The minimum absolute atomic E-state index is 0.0192. The zero-order chi connectivity index (χ0) is 30.2. The van der Waals surface area contributed by atoms with Gasteiger partial charge in [0, 0.05) is 50.5 Å². The van der Waals surface area contributed by atoms with Gasteiger partial charge in [0.15, 0.2) is 0 Å². The number of rotatable bonds is 10. The van der Waals surface area contributed by atoms with Crippen LogP contribution < -0.4 is 0 Å². The molecule has 3 heterocycles. The maximum atomic E-state index is 13.8. The van der Waals surface area contributed by atoms with Crippen LogP contribution in [0.25, 0.3) is 17.2 Å². The van der Waals surface area contributed by atoms with E-state index in [1.165, 1.54) is 12.8 Å². The highest BCUT2D eigenvalue weighted by atomic mass is 16.2. The van der Waals surface area contributed by atoms with Crippen molar-refractivity contribution in [3.63, 3.8) is 0 Å². The van der Waals surface area contributed by atoms with Crippen molar-refractivity contribution in [1.29, 1.82) is 0 Å². The number of hydrogen-bond acceptors (Lipinski definition) is 4. The molecule has 0 unspecified atom stereocenters. The highest BCUT2D eigenvalue weighted by Gasteiger charge is 2.29. The molecular formula is C37H46N4O2. The molecule has 2 amide bonds. The molecule has 0 N–H and O–H groups in total. The first-order valence-corrected chi connectivity index (χ1v) is 16.0. The highest BCUT2D eigenvalue weighted by Crippen LogP contribution is 2.25. The number of pyridine rings is 1. The average molecular weight is 579 g/mol. The lowest BCUT2D eigenvalue weighted by Crippen LogP contribution is -2.47. The lowest BCUT2D eigenvalue weighted by atomic mass is 9.99. The Bertz CT molecular complexity index is 1350. The zero-order valence-corrected chi connectivity index (χ0v) is 25.9. The number of carbonyl (C=O) groups excluding carboxylic acids is 2. The van der Waals surface area contributed by atoms with Crippen molar-refractivity contribution in [1.82, 2.24) is 19.7 Å². The van der Waals surface area contributed by atoms with Crippen LogP contribution in [0.3, 0.4) is 0 Å². The van der Waals surface area contributed by atoms with Gasteiger partial charge in [-0.15, -0.1) is 0 Å². The number of piperidine rings is 2. The second-order valence-electron chi connectivity index (χ2n) is 12.5. The third-order valence-electron chi connectivity index (χ3n) is 8.94. The molecule has 2 saturated heterocycles. The SMILES string of the molecule is C=Cc1ccc(C(=O)N(Cc2ccc(-c3ccc(C(=O)N4CCCCC4)cc3)cc2)C2CCN(CCC(C)C)CC2)nc1. The second-order valence-corrected chi connectivity index (χ2v) is 12.5. The Morgan fingerprint density at radius 1 is 0.907 bits per heavy atom. The van der Waals surface area contributed by atoms with E-state index in [1.807, 2.05) is 46.2 Å². The first-order valence-electron chi connectivity index (χ1n) is 16.0. The number of aromatic nitrogens is 1. The van der Waals surface area contributed by atoms with Crippen molar-refractivity contribution in [3.05, 3.63) is 95.8 Å². The Kier molecular flexibility index (Phi) is 10.4. The van der Waals surface area contributed by atoms with Gasteiger partial charge in [0.05, 0.1) is 0 Å². The molecule has 0 aliphatic carbocycles. The number of carbonyl (C=O) groups is 2. The summed E-state index contributed by atoms with van der Waals surface area (Å²) in [4.78, 5) is 37.7. The maximum Gasteiger partial charge on any atom is 0.272 e. The van der Waals surface area contributed by atoms with Gasteiger partial charge in [0.1, 0.15) is 5.69 Å². The van der Waals surface area contributed by atoms with E-state index in [1.54, 1.807) is 12.3 Å². The van der Waals surface area contributed by atoms with Crippen molar-refractivity contribution >= 4 is 17.9 Å². The van der Waals surface area contributed by atoms with Crippen molar-refractivity contribution in [2.45, 2.75) is 65.0 Å². The van der Waals surface area contributed by atoms with Crippen LogP contribution in [0, 0.1) is 5.92 Å². The van der Waals surface area contributed by atoms with Gasteiger partial charge in [-0.25, -0.2) is 0 Å². The fourth-order valence-corrected chi connectivity index (χ4v) is 6.15. The summed E-state index contributed by atoms with van der Waals surface area (Å²) in [5.74, 6) is 0.809. The second kappa shape index (κ2) is 14.6. The molecule has 1 aromatic heterocycles. The topological polar surface area (TPSA) is 56.8 Å². The summed E-state index contributed by atoms with van der Waals surface area (Å²) in [6, 6.07) is 20.3. The van der Waals surface area contributed by atoms with Gasteiger partial charge in [0.25, 0.3) is 11.8 Å². The molecule has 0 atom stereocenters. The van der Waals surface area contributed by atoms with Crippen molar-refractivity contribution < 1.29 is 9.59 Å². The van der Waals surface area contributed by atoms with Crippen LogP contribution >= 0.6 is 0 Å². The molecule has 226 valence electrons. The number of hydrogen-bond donors (Lipinski definition) is 0. The lowest BCUT2D eigenvalue weighted by molar-refractivity contribution is 0.0540. The van der Waals surface area contributed by atoms with Gasteiger partial charge in [-0.1, -0.05) is 69.0 Å². The Morgan fingerprint density at radius 3 is 2.14 bits per heavy atom. The van der Waals surface area contributed by atoms with E-state index in [4.69, 9.17) is 0 Å². The van der Waals surface area contributed by atoms with Crippen molar-refractivity contribution in [2.75, 3.05) is 32.7 Å². The van der Waals surface area contributed by atoms with Gasteiger partial charge >= 0.3 is 0 Å². The van der Waals surface area contributed by atoms with Gasteiger partial charge in [-0.3, -0.25) is 14.6 Å². The minimum Gasteiger partial charge on any atom is -0.339 e. The third-order valence-corrected chi connectivity index (χ3v) is 8.94. The minimum atomic E-state index is -0.0192. The zero-order valence-electron chi connectivity index (χ0n) is 25.9. The summed E-state index contributed by atoms with van der Waals surface area (Å²) in [7, 11) is 0. The standard InChI is InChI=1S/C37H46N4O2/c1-4-29-10-17-35(38-26-29)37(43)41(34-19-24-39(25-20-34)23-18-28(2)3)27-30-8-11-31(12-9-30)32-13-15-33(16-14-32)36(42)40-21-6-5-7-22-40/h4,8-17,26,28,34H,1,5-7,18-25,27H2,2-3H3. The molecule has 2 aliphatic heterocycles. The molecule has 6 nitrogen and oxygen atoms in total. The molecule has 0 saturated carbocycles. The first kappa shape index (κ1) is 30.7. The molecule has 0 radical (unpaired) electrons. The van der Waals surface area contributed by atoms with Gasteiger partial charge in [-0.05, 0) is 91.4 Å². The number of likely N-dealkylation sites (tertiary alicyclic amines) is 2. The first-order chi connectivity index (χ1) is 20.9. The fraction of sp³-hybridized carbons (Fsp3) is 0.432. The lowest BCUT2D eigenvalue weighted by Gasteiger charge is -2.38. The fourth-order valence-electron chi connectivity index (χ4n) is 6.15. The Hall–Kier alpha value is -3.77. The predicted molar refractivity (Wildman–Crippen MR) is 175 cm³/mol. The summed E-state index contributed by atoms with van der Waals surface area (Å²) in [5.41, 5.74) is 5.40. The van der Waals surface area contributed by atoms with Gasteiger partial charge in [-0.2, -0.15) is 0 Å². The highest BCUT2D eigenvalue weighted by molar-refractivity contribution is 5.95. The molecule has 3 aromatic rings. The average Bonchev–Trinajstić information content (AvgIpc) is 3.06. The monoisotopic (exact) mass is 578 g/mol. The predicted octanol–water partition coefficient (Wildman–Crippen LogP) is 7.17. The van der Waals surface area contributed by atoms with Gasteiger partial charge < -0.3 is 14.7 Å². The van der Waals surface area contributed by atoms with Crippen LogP contribution in [0.2, 0.25) is 0 Å². The van der Waals surface area contributed by atoms with E-state index in [-0.39, 0.29) is 17.9 Å². The molecule has 2 aromatic carbocycles. The quantitative estimate of drug-likeness (QED) is 0.256. The number of nitrogens with zero attached hydrogens (tertiary/aromatic N) is 4. The van der Waals surface area contributed by atoms with E-state index < -0.39 is 0 Å². The molecule has 6 heteroatoms. The van der Waals surface area contributed by atoms with Crippen molar-refractivity contribution in [3.8, 4) is 11.1 Å². The Morgan fingerprint density at radius 2 is 1.56 bits per heavy atom. The molecule has 5 rings (SSSR count). The summed E-state index contributed by atoms with van der Waals surface area (Å²) >= 11 is 0. The van der Waals surface area contributed by atoms with Gasteiger partial charge in [0.2, 0.25) is 0 Å². The number of amides is 2. The van der Waals surface area contributed by atoms with Crippen LogP contribution in [-0.4, -0.2) is 70.3 Å². The molecule has 2 aliphatic rings. The largest absolute Gasteiger partial charge is 0.339 e. The molecule has 2 fully saturated rings. The van der Waals surface area contributed by atoms with Crippen LogP contribution in [0.4, 0.5) is 0 Å². The van der Waals surface area contributed by atoms with Crippen LogP contribution in [0.5, 0.6) is 0 Å². The summed E-state index contributed by atoms with van der Waals surface area (Å²) in [5, 5.41) is 0. The molecule has 0 spiro atoms. The van der Waals surface area contributed by atoms with E-state index in [0.717, 1.165) is 86.2 Å². The van der Waals surface area contributed by atoms with E-state index in [9.17, 15) is 9.59 Å². The smallest absolute Gasteiger partial charge is 0.272 e. The van der Waals surface area contributed by atoms with Crippen LogP contribution in [0.15, 0.2) is 73.4 Å². The Labute approximate surface area is 257 Å². The van der Waals surface area contributed by atoms with E-state index in [2.05, 4.69) is 54.6 Å². The number of benzene rings is 2. The normalized spacial score (nSPS) is 16.3. The third kappa shape index (κ3) is 7.99. The summed E-state index contributed by atoms with van der Waals surface area (Å²) < 4.78 is 0. The molecular weight excluding hydrogens is 532 g/mol. The Balaban J connectivity index is 1.28. The van der Waals surface area contributed by atoms with Crippen LogP contribution in [0.1, 0.15) is 84.3 Å². The van der Waals surface area contributed by atoms with E-state index >= 15 is 0 Å². The summed E-state index contributed by atoms with van der Waals surface area (Å²) in [6.07, 6.45) is 9.99. The van der Waals surface area contributed by atoms with Crippen molar-refractivity contribution in [2.24, 2.45) is 5.92 Å². The summed E-state index contributed by atoms with van der Waals surface area (Å²) in [6.45, 7) is 13.8.